The van der Waals surface area contributed by atoms with Crippen LogP contribution in [0.1, 0.15) is 20.3 Å². The number of hydrogen-bond acceptors (Lipinski definition) is 2. The molecule has 1 saturated heterocycles. The third kappa shape index (κ3) is 0.914. The van der Waals surface area contributed by atoms with Gasteiger partial charge in [-0.3, -0.25) is 4.90 Å². The molecule has 1 aliphatic heterocycles. The Morgan fingerprint density at radius 3 is 2.45 bits per heavy atom. The van der Waals surface area contributed by atoms with Crippen molar-refractivity contribution in [1.82, 2.24) is 4.90 Å². The van der Waals surface area contributed by atoms with Crippen LogP contribution in [0.2, 0.25) is 0 Å². The quantitative estimate of drug-likeness (QED) is 0.577. The van der Waals surface area contributed by atoms with Gasteiger partial charge in [-0.25, -0.2) is 4.79 Å². The number of amides is 1. The fourth-order valence-electron chi connectivity index (χ4n) is 1.11. The molecule has 0 bridgehead atoms. The van der Waals surface area contributed by atoms with Gasteiger partial charge in [-0.15, -0.1) is 0 Å². The van der Waals surface area contributed by atoms with Crippen molar-refractivity contribution in [3.8, 4) is 0 Å². The van der Waals surface area contributed by atoms with Crippen LogP contribution in [0, 0.1) is 0 Å². The maximum atomic E-state index is 11.0. The molecule has 1 aliphatic rings. The molecular weight excluding hydrogens is 142 g/mol. The van der Waals surface area contributed by atoms with Gasteiger partial charge in [0.05, 0.1) is 0 Å². The van der Waals surface area contributed by atoms with Gasteiger partial charge in [-0.05, 0) is 13.3 Å². The molecule has 1 heterocycles. The monoisotopic (exact) mass is 155 g/mol. The maximum Gasteiger partial charge on any atom is 0.415 e. The number of cyclic esters (lactones) is 1. The molecule has 62 valence electrons. The van der Waals surface area contributed by atoms with E-state index in [0.29, 0.717) is 5.76 Å². The highest BCUT2D eigenvalue weighted by Crippen LogP contribution is 2.33. The molecule has 0 aliphatic carbocycles. The van der Waals surface area contributed by atoms with E-state index in [4.69, 9.17) is 4.74 Å². The van der Waals surface area contributed by atoms with Crippen LogP contribution in [-0.4, -0.2) is 23.6 Å². The van der Waals surface area contributed by atoms with Crippen LogP contribution in [0.25, 0.3) is 0 Å². The van der Waals surface area contributed by atoms with Gasteiger partial charge in [-0.1, -0.05) is 13.5 Å². The van der Waals surface area contributed by atoms with Crippen molar-refractivity contribution < 1.29 is 9.53 Å². The van der Waals surface area contributed by atoms with E-state index in [2.05, 4.69) is 6.58 Å². The molecule has 0 aromatic rings. The zero-order chi connectivity index (χ0) is 8.65. The van der Waals surface area contributed by atoms with E-state index >= 15 is 0 Å². The summed E-state index contributed by atoms with van der Waals surface area (Å²) in [7, 11) is 1.73. The first-order valence-electron chi connectivity index (χ1n) is 3.67. The lowest BCUT2D eigenvalue weighted by molar-refractivity contribution is 0.166. The SMILES string of the molecule is C=C1OC(=O)N(C)C1(C)CC. The molecule has 0 saturated carbocycles. The minimum atomic E-state index is -0.308. The van der Waals surface area contributed by atoms with Crippen molar-refractivity contribution in [2.75, 3.05) is 7.05 Å². The third-order valence-electron chi connectivity index (χ3n) is 2.51. The second-order valence-corrected chi connectivity index (χ2v) is 2.98. The zero-order valence-electron chi connectivity index (χ0n) is 7.18. The van der Waals surface area contributed by atoms with Gasteiger partial charge in [0.15, 0.2) is 0 Å². The van der Waals surface area contributed by atoms with E-state index in [-0.39, 0.29) is 11.6 Å². The number of rotatable bonds is 1. The molecule has 1 atom stereocenters. The smallest absolute Gasteiger partial charge is 0.413 e. The Kier molecular flexibility index (Phi) is 1.66. The summed E-state index contributed by atoms with van der Waals surface area (Å²) >= 11 is 0. The number of nitrogens with zero attached hydrogens (tertiary/aromatic N) is 1. The van der Waals surface area contributed by atoms with E-state index in [1.165, 1.54) is 0 Å². The van der Waals surface area contributed by atoms with Crippen molar-refractivity contribution in [3.63, 3.8) is 0 Å². The summed E-state index contributed by atoms with van der Waals surface area (Å²) in [6, 6.07) is 0. The molecule has 1 unspecified atom stereocenters. The summed E-state index contributed by atoms with van der Waals surface area (Å²) in [5.74, 6) is 0.549. The topological polar surface area (TPSA) is 29.5 Å². The summed E-state index contributed by atoms with van der Waals surface area (Å²) in [6.45, 7) is 7.64. The molecule has 1 amide bonds. The van der Waals surface area contributed by atoms with Crippen LogP contribution >= 0.6 is 0 Å². The largest absolute Gasteiger partial charge is 0.415 e. The predicted octanol–water partition coefficient (Wildman–Crippen LogP) is 1.75. The van der Waals surface area contributed by atoms with E-state index < -0.39 is 0 Å². The molecule has 0 N–H and O–H groups in total. The average Bonchev–Trinajstić information content (AvgIpc) is 2.16. The molecular formula is C8H13NO2. The van der Waals surface area contributed by atoms with Crippen molar-refractivity contribution in [1.29, 1.82) is 0 Å². The molecule has 3 heteroatoms. The van der Waals surface area contributed by atoms with Gasteiger partial charge >= 0.3 is 6.09 Å². The Morgan fingerprint density at radius 2 is 2.27 bits per heavy atom. The van der Waals surface area contributed by atoms with Crippen LogP contribution < -0.4 is 0 Å². The first-order valence-corrected chi connectivity index (χ1v) is 3.67. The number of carbonyl (C=O) groups is 1. The molecule has 0 spiro atoms. The Labute approximate surface area is 66.6 Å². The molecule has 1 rings (SSSR count). The standard InChI is InChI=1S/C8H13NO2/c1-5-8(3)6(2)11-7(10)9(8)4/h2,5H2,1,3-4H3. The maximum absolute atomic E-state index is 11.0. The highest BCUT2D eigenvalue weighted by atomic mass is 16.6. The first kappa shape index (κ1) is 8.11. The normalized spacial score (nSPS) is 31.0. The summed E-state index contributed by atoms with van der Waals surface area (Å²) in [5, 5.41) is 0. The van der Waals surface area contributed by atoms with E-state index in [1.54, 1.807) is 11.9 Å². The lowest BCUT2D eigenvalue weighted by atomic mass is 9.97. The molecule has 0 radical (unpaired) electrons. The lowest BCUT2D eigenvalue weighted by Gasteiger charge is -2.27. The fourth-order valence-corrected chi connectivity index (χ4v) is 1.11. The van der Waals surface area contributed by atoms with Crippen LogP contribution in [0.5, 0.6) is 0 Å². The Balaban J connectivity index is 2.96. The van der Waals surface area contributed by atoms with E-state index in [1.807, 2.05) is 13.8 Å². The summed E-state index contributed by atoms with van der Waals surface area (Å²) < 4.78 is 4.87. The van der Waals surface area contributed by atoms with Gasteiger partial charge < -0.3 is 4.74 Å². The van der Waals surface area contributed by atoms with Crippen LogP contribution in [-0.2, 0) is 4.74 Å². The molecule has 0 aromatic carbocycles. The average molecular weight is 155 g/mol. The van der Waals surface area contributed by atoms with E-state index in [9.17, 15) is 4.79 Å². The van der Waals surface area contributed by atoms with Gasteiger partial charge in [-0.2, -0.15) is 0 Å². The molecule has 11 heavy (non-hydrogen) atoms. The Bertz CT molecular complexity index is 212. The van der Waals surface area contributed by atoms with Crippen molar-refractivity contribution in [2.45, 2.75) is 25.8 Å². The Hall–Kier alpha value is -0.990. The second-order valence-electron chi connectivity index (χ2n) is 2.98. The number of ether oxygens (including phenoxy) is 1. The molecule has 3 nitrogen and oxygen atoms in total. The Morgan fingerprint density at radius 1 is 1.73 bits per heavy atom. The minimum Gasteiger partial charge on any atom is -0.413 e. The summed E-state index contributed by atoms with van der Waals surface area (Å²) in [5.41, 5.74) is -0.308. The first-order chi connectivity index (χ1) is 5.02. The minimum absolute atomic E-state index is 0.306. The number of likely N-dealkylation sites (N-methyl/N-ethyl adjacent to an activating group) is 1. The number of hydrogen-bond donors (Lipinski definition) is 0. The van der Waals surface area contributed by atoms with Crippen molar-refractivity contribution >= 4 is 6.09 Å². The molecule has 1 fully saturated rings. The fraction of sp³-hybridized carbons (Fsp3) is 0.625. The van der Waals surface area contributed by atoms with Crippen molar-refractivity contribution in [2.24, 2.45) is 0 Å². The van der Waals surface area contributed by atoms with Gasteiger partial charge in [0.1, 0.15) is 11.3 Å². The molecule has 0 aromatic heterocycles. The van der Waals surface area contributed by atoms with Crippen LogP contribution in [0.15, 0.2) is 12.3 Å². The van der Waals surface area contributed by atoms with Gasteiger partial charge in [0.25, 0.3) is 0 Å². The third-order valence-corrected chi connectivity index (χ3v) is 2.51. The van der Waals surface area contributed by atoms with Crippen LogP contribution in [0.3, 0.4) is 0 Å². The lowest BCUT2D eigenvalue weighted by Crippen LogP contribution is -2.39. The highest BCUT2D eigenvalue weighted by molar-refractivity contribution is 5.73. The van der Waals surface area contributed by atoms with Gasteiger partial charge in [0.2, 0.25) is 0 Å². The zero-order valence-corrected chi connectivity index (χ0v) is 7.18. The highest BCUT2D eigenvalue weighted by Gasteiger charge is 2.43. The predicted molar refractivity (Wildman–Crippen MR) is 42.1 cm³/mol. The summed E-state index contributed by atoms with van der Waals surface area (Å²) in [6.07, 6.45) is 0.521. The second kappa shape index (κ2) is 2.26. The van der Waals surface area contributed by atoms with Gasteiger partial charge in [0, 0.05) is 7.05 Å². The summed E-state index contributed by atoms with van der Waals surface area (Å²) in [4.78, 5) is 12.6. The number of carbonyl (C=O) groups excluding carboxylic acids is 1. The van der Waals surface area contributed by atoms with Crippen molar-refractivity contribution in [3.05, 3.63) is 12.3 Å². The van der Waals surface area contributed by atoms with E-state index in [0.717, 1.165) is 6.42 Å². The van der Waals surface area contributed by atoms with Crippen LogP contribution in [0.4, 0.5) is 4.79 Å².